The zero-order valence-electron chi connectivity index (χ0n) is 6.27. The molecule has 2 heterocycles. The Bertz CT molecular complexity index is 314. The van der Waals surface area contributed by atoms with E-state index in [2.05, 4.69) is 9.98 Å². The lowest BCUT2D eigenvalue weighted by Gasteiger charge is -2.04. The molecule has 0 saturated carbocycles. The molecule has 1 aliphatic rings. The standard InChI is InChI=1S/C8H7ClN2O/c9-7-1-6(2-10-3-7)8-4-12-5-11-8/h1-3,5,8H,4H2. The average Bonchev–Trinajstić information content (AvgIpc) is 2.56. The lowest BCUT2D eigenvalue weighted by molar-refractivity contribution is 0.330. The van der Waals surface area contributed by atoms with E-state index in [1.54, 1.807) is 12.4 Å². The summed E-state index contributed by atoms with van der Waals surface area (Å²) in [4.78, 5) is 8.07. The molecule has 0 fully saturated rings. The van der Waals surface area contributed by atoms with E-state index in [1.807, 2.05) is 6.07 Å². The normalized spacial score (nSPS) is 20.9. The van der Waals surface area contributed by atoms with E-state index in [4.69, 9.17) is 16.3 Å². The largest absolute Gasteiger partial charge is 0.481 e. The van der Waals surface area contributed by atoms with Crippen molar-refractivity contribution in [2.45, 2.75) is 6.04 Å². The number of halogens is 1. The molecular formula is C8H7ClN2O. The second-order valence-electron chi connectivity index (χ2n) is 2.54. The number of hydrogen-bond acceptors (Lipinski definition) is 3. The Balaban J connectivity index is 2.27. The zero-order valence-corrected chi connectivity index (χ0v) is 7.03. The third kappa shape index (κ3) is 1.41. The van der Waals surface area contributed by atoms with Crippen LogP contribution in [0.1, 0.15) is 11.6 Å². The van der Waals surface area contributed by atoms with Gasteiger partial charge in [0.15, 0.2) is 6.40 Å². The van der Waals surface area contributed by atoms with Crippen LogP contribution >= 0.6 is 11.6 Å². The zero-order chi connectivity index (χ0) is 8.39. The van der Waals surface area contributed by atoms with Gasteiger partial charge in [0.05, 0.1) is 5.02 Å². The number of ether oxygens (including phenoxy) is 1. The van der Waals surface area contributed by atoms with Crippen molar-refractivity contribution in [2.75, 3.05) is 6.61 Å². The first kappa shape index (κ1) is 7.55. The number of aromatic nitrogens is 1. The molecule has 0 spiro atoms. The molecule has 4 heteroatoms. The minimum Gasteiger partial charge on any atom is -0.481 e. The van der Waals surface area contributed by atoms with Crippen LogP contribution in [0.2, 0.25) is 5.02 Å². The van der Waals surface area contributed by atoms with E-state index < -0.39 is 0 Å². The first-order chi connectivity index (χ1) is 5.86. The molecule has 0 aliphatic carbocycles. The van der Waals surface area contributed by atoms with Crippen molar-refractivity contribution in [1.29, 1.82) is 0 Å². The second-order valence-corrected chi connectivity index (χ2v) is 2.98. The molecule has 1 aromatic rings. The highest BCUT2D eigenvalue weighted by Gasteiger charge is 2.14. The van der Waals surface area contributed by atoms with Gasteiger partial charge in [-0.2, -0.15) is 0 Å². The average molecular weight is 183 g/mol. The molecule has 0 saturated heterocycles. The minimum atomic E-state index is 0.0659. The molecule has 0 amide bonds. The molecular weight excluding hydrogens is 176 g/mol. The molecule has 0 bridgehead atoms. The Labute approximate surface area is 75.1 Å². The van der Waals surface area contributed by atoms with Crippen molar-refractivity contribution >= 4 is 18.0 Å². The van der Waals surface area contributed by atoms with Gasteiger partial charge in [0.2, 0.25) is 0 Å². The van der Waals surface area contributed by atoms with Crippen molar-refractivity contribution in [3.05, 3.63) is 29.0 Å². The lowest BCUT2D eigenvalue weighted by atomic mass is 10.1. The summed E-state index contributed by atoms with van der Waals surface area (Å²) in [7, 11) is 0. The number of aliphatic imine (C=N–C) groups is 1. The fraction of sp³-hybridized carbons (Fsp3) is 0.250. The van der Waals surface area contributed by atoms with Gasteiger partial charge in [0, 0.05) is 12.4 Å². The lowest BCUT2D eigenvalue weighted by Crippen LogP contribution is -1.97. The predicted octanol–water partition coefficient (Wildman–Crippen LogP) is 1.83. The molecule has 1 aliphatic heterocycles. The van der Waals surface area contributed by atoms with Crippen LogP contribution in [0.5, 0.6) is 0 Å². The SMILES string of the molecule is Clc1cncc(C2COC=N2)c1. The Morgan fingerprint density at radius 1 is 1.50 bits per heavy atom. The van der Waals surface area contributed by atoms with Gasteiger partial charge in [-0.25, -0.2) is 4.99 Å². The number of hydrogen-bond donors (Lipinski definition) is 0. The Morgan fingerprint density at radius 2 is 2.42 bits per heavy atom. The van der Waals surface area contributed by atoms with E-state index in [1.165, 1.54) is 6.40 Å². The highest BCUT2D eigenvalue weighted by Crippen LogP contribution is 2.21. The van der Waals surface area contributed by atoms with Crippen molar-refractivity contribution < 1.29 is 4.74 Å². The quantitative estimate of drug-likeness (QED) is 0.664. The fourth-order valence-electron chi connectivity index (χ4n) is 1.09. The summed E-state index contributed by atoms with van der Waals surface area (Å²) >= 11 is 5.77. The highest BCUT2D eigenvalue weighted by atomic mass is 35.5. The van der Waals surface area contributed by atoms with Crippen LogP contribution in [0.4, 0.5) is 0 Å². The summed E-state index contributed by atoms with van der Waals surface area (Å²) in [5, 5.41) is 0.634. The van der Waals surface area contributed by atoms with Gasteiger partial charge in [-0.1, -0.05) is 11.6 Å². The summed E-state index contributed by atoms with van der Waals surface area (Å²) in [6.07, 6.45) is 4.82. The number of pyridine rings is 1. The summed E-state index contributed by atoms with van der Waals surface area (Å²) in [5.74, 6) is 0. The topological polar surface area (TPSA) is 34.5 Å². The molecule has 0 aromatic carbocycles. The van der Waals surface area contributed by atoms with Gasteiger partial charge < -0.3 is 4.74 Å². The van der Waals surface area contributed by atoms with Gasteiger partial charge in [-0.05, 0) is 11.6 Å². The van der Waals surface area contributed by atoms with Gasteiger partial charge in [-0.3, -0.25) is 4.98 Å². The van der Waals surface area contributed by atoms with E-state index in [0.29, 0.717) is 11.6 Å². The molecule has 3 nitrogen and oxygen atoms in total. The van der Waals surface area contributed by atoms with E-state index in [9.17, 15) is 0 Å². The van der Waals surface area contributed by atoms with Crippen molar-refractivity contribution in [2.24, 2.45) is 4.99 Å². The van der Waals surface area contributed by atoms with Crippen molar-refractivity contribution in [3.8, 4) is 0 Å². The number of nitrogens with zero attached hydrogens (tertiary/aromatic N) is 2. The molecule has 1 aromatic heterocycles. The van der Waals surface area contributed by atoms with Crippen LogP contribution in [-0.2, 0) is 4.74 Å². The van der Waals surface area contributed by atoms with Gasteiger partial charge in [0.25, 0.3) is 0 Å². The molecule has 2 rings (SSSR count). The first-order valence-corrected chi connectivity index (χ1v) is 3.98. The smallest absolute Gasteiger partial charge is 0.170 e. The van der Waals surface area contributed by atoms with Crippen molar-refractivity contribution in [1.82, 2.24) is 4.98 Å². The van der Waals surface area contributed by atoms with Crippen LogP contribution in [0.15, 0.2) is 23.5 Å². The second kappa shape index (κ2) is 3.11. The van der Waals surface area contributed by atoms with Crippen LogP contribution in [-0.4, -0.2) is 18.0 Å². The van der Waals surface area contributed by atoms with Crippen LogP contribution in [0.25, 0.3) is 0 Å². The summed E-state index contributed by atoms with van der Waals surface area (Å²) in [6.45, 7) is 0.585. The van der Waals surface area contributed by atoms with Crippen LogP contribution in [0, 0.1) is 0 Å². The van der Waals surface area contributed by atoms with Crippen LogP contribution in [0.3, 0.4) is 0 Å². The fourth-order valence-corrected chi connectivity index (χ4v) is 1.27. The third-order valence-corrected chi connectivity index (χ3v) is 1.89. The Morgan fingerprint density at radius 3 is 3.08 bits per heavy atom. The van der Waals surface area contributed by atoms with E-state index >= 15 is 0 Å². The first-order valence-electron chi connectivity index (χ1n) is 3.60. The molecule has 12 heavy (non-hydrogen) atoms. The number of rotatable bonds is 1. The van der Waals surface area contributed by atoms with E-state index in [0.717, 1.165) is 5.56 Å². The van der Waals surface area contributed by atoms with Crippen molar-refractivity contribution in [3.63, 3.8) is 0 Å². The van der Waals surface area contributed by atoms with Gasteiger partial charge >= 0.3 is 0 Å². The highest BCUT2D eigenvalue weighted by molar-refractivity contribution is 6.30. The Kier molecular flexibility index (Phi) is 1.96. The maximum Gasteiger partial charge on any atom is 0.170 e. The summed E-state index contributed by atoms with van der Waals surface area (Å²) < 4.78 is 4.99. The predicted molar refractivity (Wildman–Crippen MR) is 46.4 cm³/mol. The van der Waals surface area contributed by atoms with Gasteiger partial charge in [-0.15, -0.1) is 0 Å². The molecule has 1 unspecified atom stereocenters. The summed E-state index contributed by atoms with van der Waals surface area (Å²) in [5.41, 5.74) is 0.997. The van der Waals surface area contributed by atoms with Crippen LogP contribution < -0.4 is 0 Å². The third-order valence-electron chi connectivity index (χ3n) is 1.68. The maximum absolute atomic E-state index is 5.77. The molecule has 0 N–H and O–H groups in total. The monoisotopic (exact) mass is 182 g/mol. The Hall–Kier alpha value is -1.09. The molecule has 1 atom stereocenters. The summed E-state index contributed by atoms with van der Waals surface area (Å²) in [6, 6.07) is 1.92. The van der Waals surface area contributed by atoms with E-state index in [-0.39, 0.29) is 6.04 Å². The molecule has 62 valence electrons. The minimum absolute atomic E-state index is 0.0659. The van der Waals surface area contributed by atoms with Gasteiger partial charge in [0.1, 0.15) is 12.6 Å². The maximum atomic E-state index is 5.77. The molecule has 0 radical (unpaired) electrons.